The smallest absolute Gasteiger partial charge is 0.0519 e. The van der Waals surface area contributed by atoms with Crippen LogP contribution >= 0.6 is 11.6 Å². The molecule has 0 heterocycles. The second-order valence-corrected chi connectivity index (χ2v) is 4.80. The Kier molecular flexibility index (Phi) is 3.04. The molecule has 0 atom stereocenters. The summed E-state index contributed by atoms with van der Waals surface area (Å²) in [6.45, 7) is 0. The molecule has 0 aliphatic rings. The van der Waals surface area contributed by atoms with Crippen LogP contribution in [0.25, 0.3) is 10.8 Å². The molecule has 0 spiro atoms. The van der Waals surface area contributed by atoms with Crippen molar-refractivity contribution in [3.05, 3.63) is 82.9 Å². The third kappa shape index (κ3) is 2.12. The molecule has 0 saturated carbocycles. The summed E-state index contributed by atoms with van der Waals surface area (Å²) < 4.78 is 0. The molecule has 88 valence electrons. The van der Waals surface area contributed by atoms with Crippen LogP contribution < -0.4 is 0 Å². The summed E-state index contributed by atoms with van der Waals surface area (Å²) in [5.74, 6) is 0. The van der Waals surface area contributed by atoms with Crippen LogP contribution in [-0.2, 0) is 6.42 Å². The molecular formula is C17H13Cl. The molecule has 0 bridgehead atoms. The van der Waals surface area contributed by atoms with E-state index in [0.29, 0.717) is 0 Å². The van der Waals surface area contributed by atoms with Gasteiger partial charge in [0, 0.05) is 5.39 Å². The predicted octanol–water partition coefficient (Wildman–Crippen LogP) is 5.08. The summed E-state index contributed by atoms with van der Waals surface area (Å²) in [5, 5.41) is 3.20. The molecule has 0 saturated heterocycles. The van der Waals surface area contributed by atoms with Crippen LogP contribution in [0.2, 0.25) is 5.02 Å². The molecule has 1 heteroatoms. The first-order chi connectivity index (χ1) is 8.84. The Balaban J connectivity index is 2.05. The molecule has 0 amide bonds. The molecule has 0 radical (unpaired) electrons. The first kappa shape index (κ1) is 11.3. The van der Waals surface area contributed by atoms with E-state index in [1.54, 1.807) is 0 Å². The minimum Gasteiger partial charge on any atom is -0.0833 e. The summed E-state index contributed by atoms with van der Waals surface area (Å²) in [6.07, 6.45) is 0.879. The summed E-state index contributed by atoms with van der Waals surface area (Å²) >= 11 is 6.49. The monoisotopic (exact) mass is 252 g/mol. The highest BCUT2D eigenvalue weighted by Gasteiger charge is 2.05. The van der Waals surface area contributed by atoms with E-state index in [0.717, 1.165) is 16.8 Å². The fourth-order valence-corrected chi connectivity index (χ4v) is 2.53. The molecule has 0 N–H and O–H groups in total. The molecule has 3 aromatic carbocycles. The molecule has 3 rings (SSSR count). The van der Waals surface area contributed by atoms with Crippen LogP contribution in [0.4, 0.5) is 0 Å². The predicted molar refractivity (Wildman–Crippen MR) is 78.2 cm³/mol. The first-order valence-corrected chi connectivity index (χ1v) is 6.42. The van der Waals surface area contributed by atoms with Gasteiger partial charge >= 0.3 is 0 Å². The van der Waals surface area contributed by atoms with E-state index in [1.807, 2.05) is 18.2 Å². The Morgan fingerprint density at radius 2 is 1.44 bits per heavy atom. The average Bonchev–Trinajstić information content (AvgIpc) is 2.43. The van der Waals surface area contributed by atoms with Crippen LogP contribution in [0.1, 0.15) is 11.1 Å². The Morgan fingerprint density at radius 1 is 0.722 bits per heavy atom. The van der Waals surface area contributed by atoms with E-state index in [4.69, 9.17) is 11.6 Å². The van der Waals surface area contributed by atoms with E-state index in [1.165, 1.54) is 16.5 Å². The molecule has 0 unspecified atom stereocenters. The van der Waals surface area contributed by atoms with Gasteiger partial charge in [-0.2, -0.15) is 0 Å². The lowest BCUT2D eigenvalue weighted by Gasteiger charge is -2.08. The van der Waals surface area contributed by atoms with E-state index < -0.39 is 0 Å². The van der Waals surface area contributed by atoms with Gasteiger partial charge in [-0.05, 0) is 22.9 Å². The molecule has 0 aliphatic heterocycles. The lowest BCUT2D eigenvalue weighted by Crippen LogP contribution is -1.89. The van der Waals surface area contributed by atoms with Gasteiger partial charge in [0.2, 0.25) is 0 Å². The van der Waals surface area contributed by atoms with Gasteiger partial charge in [-0.25, -0.2) is 0 Å². The Bertz CT molecular complexity index is 672. The van der Waals surface area contributed by atoms with E-state index in [-0.39, 0.29) is 0 Å². The second kappa shape index (κ2) is 4.83. The number of benzene rings is 3. The van der Waals surface area contributed by atoms with Gasteiger partial charge in [0.15, 0.2) is 0 Å². The number of hydrogen-bond donors (Lipinski definition) is 0. The van der Waals surface area contributed by atoms with Gasteiger partial charge in [-0.1, -0.05) is 78.3 Å². The van der Waals surface area contributed by atoms with Crippen molar-refractivity contribution in [2.45, 2.75) is 6.42 Å². The van der Waals surface area contributed by atoms with Crippen LogP contribution in [-0.4, -0.2) is 0 Å². The molecule has 0 aromatic heterocycles. The van der Waals surface area contributed by atoms with Gasteiger partial charge in [0.1, 0.15) is 0 Å². The maximum atomic E-state index is 6.49. The van der Waals surface area contributed by atoms with Crippen molar-refractivity contribution in [2.24, 2.45) is 0 Å². The van der Waals surface area contributed by atoms with Gasteiger partial charge in [-0.3, -0.25) is 0 Å². The van der Waals surface area contributed by atoms with Crippen molar-refractivity contribution < 1.29 is 0 Å². The Hall–Kier alpha value is -1.79. The minimum absolute atomic E-state index is 0.872. The highest BCUT2D eigenvalue weighted by molar-refractivity contribution is 6.36. The molecule has 18 heavy (non-hydrogen) atoms. The number of halogens is 1. The van der Waals surface area contributed by atoms with E-state index >= 15 is 0 Å². The Morgan fingerprint density at radius 3 is 2.28 bits per heavy atom. The topological polar surface area (TPSA) is 0 Å². The van der Waals surface area contributed by atoms with Gasteiger partial charge in [0.25, 0.3) is 0 Å². The third-order valence-electron chi connectivity index (χ3n) is 3.18. The maximum Gasteiger partial charge on any atom is 0.0519 e. The zero-order valence-corrected chi connectivity index (χ0v) is 10.7. The first-order valence-electron chi connectivity index (χ1n) is 6.04. The highest BCUT2D eigenvalue weighted by atomic mass is 35.5. The van der Waals surface area contributed by atoms with Crippen LogP contribution in [0.5, 0.6) is 0 Å². The van der Waals surface area contributed by atoms with Crippen molar-refractivity contribution in [3.8, 4) is 0 Å². The summed E-state index contributed by atoms with van der Waals surface area (Å²) in [7, 11) is 0. The van der Waals surface area contributed by atoms with Crippen molar-refractivity contribution in [2.75, 3.05) is 0 Å². The number of fused-ring (bicyclic) bond motifs is 1. The molecule has 0 aliphatic carbocycles. The second-order valence-electron chi connectivity index (χ2n) is 4.42. The summed E-state index contributed by atoms with van der Waals surface area (Å²) in [5.41, 5.74) is 2.47. The summed E-state index contributed by atoms with van der Waals surface area (Å²) in [4.78, 5) is 0. The standard InChI is InChI=1S/C17H13Cl/c18-17-15(12-13-6-2-1-3-7-13)11-10-14-8-4-5-9-16(14)17/h1-11H,12H2. The quantitative estimate of drug-likeness (QED) is 0.596. The fraction of sp³-hybridized carbons (Fsp3) is 0.0588. The van der Waals surface area contributed by atoms with Crippen molar-refractivity contribution in [1.29, 1.82) is 0 Å². The molecule has 0 fully saturated rings. The molecule has 3 aromatic rings. The van der Waals surface area contributed by atoms with E-state index in [9.17, 15) is 0 Å². The molecule has 0 nitrogen and oxygen atoms in total. The van der Waals surface area contributed by atoms with E-state index in [2.05, 4.69) is 48.5 Å². The Labute approximate surface area is 112 Å². The third-order valence-corrected chi connectivity index (χ3v) is 3.63. The van der Waals surface area contributed by atoms with Gasteiger partial charge < -0.3 is 0 Å². The SMILES string of the molecule is Clc1c(Cc2ccccc2)ccc2ccccc12. The van der Waals surface area contributed by atoms with Crippen LogP contribution in [0, 0.1) is 0 Å². The zero-order valence-electron chi connectivity index (χ0n) is 9.94. The number of hydrogen-bond acceptors (Lipinski definition) is 0. The average molecular weight is 253 g/mol. The fourth-order valence-electron chi connectivity index (χ4n) is 2.23. The van der Waals surface area contributed by atoms with Crippen LogP contribution in [0.3, 0.4) is 0 Å². The van der Waals surface area contributed by atoms with Crippen molar-refractivity contribution >= 4 is 22.4 Å². The van der Waals surface area contributed by atoms with Crippen LogP contribution in [0.15, 0.2) is 66.7 Å². The lowest BCUT2D eigenvalue weighted by atomic mass is 10.0. The van der Waals surface area contributed by atoms with Gasteiger partial charge in [-0.15, -0.1) is 0 Å². The lowest BCUT2D eigenvalue weighted by molar-refractivity contribution is 1.20. The molecular weight excluding hydrogens is 240 g/mol. The van der Waals surface area contributed by atoms with Crippen molar-refractivity contribution in [3.63, 3.8) is 0 Å². The minimum atomic E-state index is 0.872. The maximum absolute atomic E-state index is 6.49. The number of rotatable bonds is 2. The zero-order chi connectivity index (χ0) is 12.4. The summed E-state index contributed by atoms with van der Waals surface area (Å²) in [6, 6.07) is 22.9. The largest absolute Gasteiger partial charge is 0.0833 e. The normalized spacial score (nSPS) is 10.7. The van der Waals surface area contributed by atoms with Gasteiger partial charge in [0.05, 0.1) is 5.02 Å². The van der Waals surface area contributed by atoms with Crippen molar-refractivity contribution in [1.82, 2.24) is 0 Å². The highest BCUT2D eigenvalue weighted by Crippen LogP contribution is 2.28.